The molecule has 0 radical (unpaired) electrons. The number of pyridine rings is 1. The Morgan fingerprint density at radius 1 is 1.65 bits per heavy atom. The van der Waals surface area contributed by atoms with Crippen molar-refractivity contribution >= 4 is 11.5 Å². The zero-order chi connectivity index (χ0) is 14.8. The molecule has 1 saturated heterocycles. The minimum absolute atomic E-state index is 0.0296. The molecule has 1 atom stereocenters. The molecular formula is C13H20N4O3. The van der Waals surface area contributed by atoms with Gasteiger partial charge in [-0.25, -0.2) is 0 Å². The predicted octanol–water partition coefficient (Wildman–Crippen LogP) is 0.152. The van der Waals surface area contributed by atoms with Crippen molar-refractivity contribution in [3.05, 3.63) is 24.0 Å². The van der Waals surface area contributed by atoms with Gasteiger partial charge in [-0.05, 0) is 26.0 Å². The van der Waals surface area contributed by atoms with Crippen molar-refractivity contribution in [3.8, 4) is 0 Å². The van der Waals surface area contributed by atoms with E-state index in [2.05, 4.69) is 15.0 Å². The number of aliphatic hydroxyl groups excluding tert-OH is 1. The summed E-state index contributed by atoms with van der Waals surface area (Å²) in [5, 5.41) is 21.0. The van der Waals surface area contributed by atoms with Crippen LogP contribution < -0.4 is 10.6 Å². The molecular weight excluding hydrogens is 260 g/mol. The lowest BCUT2D eigenvalue weighted by atomic mass is 10.0. The summed E-state index contributed by atoms with van der Waals surface area (Å²) in [7, 11) is 0. The Kier molecular flexibility index (Phi) is 4.10. The van der Waals surface area contributed by atoms with E-state index >= 15 is 0 Å². The number of anilines is 1. The summed E-state index contributed by atoms with van der Waals surface area (Å²) < 4.78 is 5.78. The standard InChI is InChI=1S/C13H20N4O3/c1-13(2)8-17(6-10(7-18)20-13)9-3-4-15-11(5-9)12(14)16-19/h3-5,10,18-19H,6-8H2,1-2H3,(H2,14,16). The summed E-state index contributed by atoms with van der Waals surface area (Å²) in [4.78, 5) is 6.15. The maximum atomic E-state index is 9.33. The Labute approximate surface area is 117 Å². The van der Waals surface area contributed by atoms with Gasteiger partial charge in [0.05, 0.1) is 18.3 Å². The van der Waals surface area contributed by atoms with Crippen LogP contribution in [0.3, 0.4) is 0 Å². The molecule has 1 aliphatic rings. The summed E-state index contributed by atoms with van der Waals surface area (Å²) in [5.41, 5.74) is 6.51. The van der Waals surface area contributed by atoms with E-state index in [4.69, 9.17) is 15.7 Å². The molecule has 7 heteroatoms. The third-order valence-electron chi connectivity index (χ3n) is 3.16. The number of amidine groups is 1. The van der Waals surface area contributed by atoms with E-state index in [1.807, 2.05) is 19.9 Å². The van der Waals surface area contributed by atoms with Gasteiger partial charge in [-0.3, -0.25) is 4.98 Å². The predicted molar refractivity (Wildman–Crippen MR) is 75.0 cm³/mol. The fourth-order valence-electron chi connectivity index (χ4n) is 2.39. The van der Waals surface area contributed by atoms with Crippen LogP contribution in [0.4, 0.5) is 5.69 Å². The van der Waals surface area contributed by atoms with E-state index in [9.17, 15) is 5.11 Å². The van der Waals surface area contributed by atoms with Crippen molar-refractivity contribution in [1.29, 1.82) is 0 Å². The van der Waals surface area contributed by atoms with Gasteiger partial charge in [0.15, 0.2) is 5.84 Å². The number of hydrogen-bond donors (Lipinski definition) is 3. The molecule has 4 N–H and O–H groups in total. The van der Waals surface area contributed by atoms with E-state index in [1.54, 1.807) is 12.3 Å². The van der Waals surface area contributed by atoms with Crippen LogP contribution in [0.5, 0.6) is 0 Å². The molecule has 20 heavy (non-hydrogen) atoms. The molecule has 0 bridgehead atoms. The molecule has 1 aromatic rings. The number of nitrogens with two attached hydrogens (primary N) is 1. The molecule has 0 spiro atoms. The number of oxime groups is 1. The lowest BCUT2D eigenvalue weighted by Crippen LogP contribution is -2.54. The third kappa shape index (κ3) is 3.17. The van der Waals surface area contributed by atoms with E-state index < -0.39 is 0 Å². The first kappa shape index (κ1) is 14.5. The Morgan fingerprint density at radius 2 is 2.40 bits per heavy atom. The second kappa shape index (κ2) is 5.64. The van der Waals surface area contributed by atoms with Crippen LogP contribution >= 0.6 is 0 Å². The smallest absolute Gasteiger partial charge is 0.188 e. The van der Waals surface area contributed by atoms with E-state index in [1.165, 1.54) is 0 Å². The Bertz CT molecular complexity index is 504. The molecule has 0 aromatic carbocycles. The highest BCUT2D eigenvalue weighted by atomic mass is 16.5. The monoisotopic (exact) mass is 280 g/mol. The molecule has 2 rings (SSSR count). The maximum Gasteiger partial charge on any atom is 0.188 e. The first-order chi connectivity index (χ1) is 9.45. The first-order valence-corrected chi connectivity index (χ1v) is 6.43. The molecule has 0 saturated carbocycles. The number of morpholine rings is 1. The fraction of sp³-hybridized carbons (Fsp3) is 0.538. The van der Waals surface area contributed by atoms with Crippen LogP contribution in [0.1, 0.15) is 19.5 Å². The van der Waals surface area contributed by atoms with Crippen LogP contribution in [-0.4, -0.2) is 52.5 Å². The van der Waals surface area contributed by atoms with Crippen LogP contribution in [-0.2, 0) is 4.74 Å². The minimum atomic E-state index is -0.355. The van der Waals surface area contributed by atoms with Crippen LogP contribution in [0.2, 0.25) is 0 Å². The van der Waals surface area contributed by atoms with Gasteiger partial charge in [0.1, 0.15) is 5.69 Å². The zero-order valence-corrected chi connectivity index (χ0v) is 11.7. The molecule has 1 unspecified atom stereocenters. The molecule has 0 aliphatic carbocycles. The fourth-order valence-corrected chi connectivity index (χ4v) is 2.39. The number of aliphatic hydroxyl groups is 1. The number of rotatable bonds is 3. The van der Waals surface area contributed by atoms with Gasteiger partial charge in [0.2, 0.25) is 0 Å². The average Bonchev–Trinajstić information content (AvgIpc) is 2.44. The van der Waals surface area contributed by atoms with Crippen molar-refractivity contribution in [2.24, 2.45) is 10.9 Å². The minimum Gasteiger partial charge on any atom is -0.409 e. The van der Waals surface area contributed by atoms with E-state index in [0.717, 1.165) is 5.69 Å². The molecule has 110 valence electrons. The second-order valence-corrected chi connectivity index (χ2v) is 5.45. The maximum absolute atomic E-state index is 9.33. The van der Waals surface area contributed by atoms with Crippen molar-refractivity contribution in [2.45, 2.75) is 25.6 Å². The zero-order valence-electron chi connectivity index (χ0n) is 11.7. The summed E-state index contributed by atoms with van der Waals surface area (Å²) in [6.45, 7) is 5.20. The molecule has 2 heterocycles. The largest absolute Gasteiger partial charge is 0.409 e. The van der Waals surface area contributed by atoms with Gasteiger partial charge < -0.3 is 25.7 Å². The van der Waals surface area contributed by atoms with Crippen LogP contribution in [0.25, 0.3) is 0 Å². The molecule has 1 fully saturated rings. The summed E-state index contributed by atoms with van der Waals surface area (Å²) in [6.07, 6.45) is 1.37. The van der Waals surface area contributed by atoms with Crippen LogP contribution in [0.15, 0.2) is 23.5 Å². The average molecular weight is 280 g/mol. The highest BCUT2D eigenvalue weighted by Gasteiger charge is 2.33. The summed E-state index contributed by atoms with van der Waals surface area (Å²) in [6, 6.07) is 3.61. The quantitative estimate of drug-likeness (QED) is 0.315. The van der Waals surface area contributed by atoms with E-state index in [-0.39, 0.29) is 24.1 Å². The molecule has 0 amide bonds. The normalized spacial score (nSPS) is 22.9. The van der Waals surface area contributed by atoms with Crippen molar-refractivity contribution in [3.63, 3.8) is 0 Å². The summed E-state index contributed by atoms with van der Waals surface area (Å²) >= 11 is 0. The molecule has 7 nitrogen and oxygen atoms in total. The number of aromatic nitrogens is 1. The highest BCUT2D eigenvalue weighted by Crippen LogP contribution is 2.26. The Balaban J connectivity index is 2.26. The third-order valence-corrected chi connectivity index (χ3v) is 3.16. The molecule has 1 aliphatic heterocycles. The topological polar surface area (TPSA) is 104 Å². The van der Waals surface area contributed by atoms with Gasteiger partial charge in [-0.15, -0.1) is 0 Å². The van der Waals surface area contributed by atoms with Gasteiger partial charge >= 0.3 is 0 Å². The van der Waals surface area contributed by atoms with Gasteiger partial charge in [0, 0.05) is 25.0 Å². The van der Waals surface area contributed by atoms with Gasteiger partial charge in [-0.2, -0.15) is 0 Å². The summed E-state index contributed by atoms with van der Waals surface area (Å²) in [5.74, 6) is -0.0296. The molecule has 1 aromatic heterocycles. The highest BCUT2D eigenvalue weighted by molar-refractivity contribution is 5.95. The number of ether oxygens (including phenoxy) is 1. The van der Waals surface area contributed by atoms with Gasteiger partial charge in [0.25, 0.3) is 0 Å². The van der Waals surface area contributed by atoms with Crippen molar-refractivity contribution in [2.75, 3.05) is 24.6 Å². The van der Waals surface area contributed by atoms with Crippen molar-refractivity contribution < 1.29 is 15.1 Å². The lowest BCUT2D eigenvalue weighted by molar-refractivity contribution is -0.101. The van der Waals surface area contributed by atoms with Crippen molar-refractivity contribution in [1.82, 2.24) is 4.98 Å². The lowest BCUT2D eigenvalue weighted by Gasteiger charge is -2.43. The van der Waals surface area contributed by atoms with Crippen LogP contribution in [0, 0.1) is 0 Å². The Morgan fingerprint density at radius 3 is 3.05 bits per heavy atom. The van der Waals surface area contributed by atoms with Gasteiger partial charge in [-0.1, -0.05) is 5.16 Å². The number of nitrogens with zero attached hydrogens (tertiary/aromatic N) is 3. The van der Waals surface area contributed by atoms with E-state index in [0.29, 0.717) is 18.8 Å². The second-order valence-electron chi connectivity index (χ2n) is 5.45. The SMILES string of the molecule is CC1(C)CN(c2ccnc(/C(N)=N/O)c2)CC(CO)O1. The Hall–Kier alpha value is -1.86. The number of hydrogen-bond acceptors (Lipinski definition) is 6. The first-order valence-electron chi connectivity index (χ1n) is 6.43.